The molecule has 4 nitrogen and oxygen atoms in total. The number of ether oxygens (including phenoxy) is 1. The van der Waals surface area contributed by atoms with E-state index in [0.717, 1.165) is 45.4 Å². The molecule has 0 amide bonds. The Labute approximate surface area is 320 Å². The van der Waals surface area contributed by atoms with E-state index in [1.54, 1.807) is 0 Å². The number of fused-ring (bicyclic) bond motifs is 5. The van der Waals surface area contributed by atoms with Crippen molar-refractivity contribution in [1.82, 2.24) is 15.0 Å². The summed E-state index contributed by atoms with van der Waals surface area (Å²) in [6.45, 7) is 0. The van der Waals surface area contributed by atoms with Gasteiger partial charge in [0.1, 0.15) is 11.5 Å². The molecule has 55 heavy (non-hydrogen) atoms. The fourth-order valence-corrected chi connectivity index (χ4v) is 11.4. The van der Waals surface area contributed by atoms with Crippen LogP contribution in [-0.2, 0) is 5.41 Å². The largest absolute Gasteiger partial charge is 0.457 e. The molecular formula is C51H39N3O. The minimum atomic E-state index is 0.0263. The summed E-state index contributed by atoms with van der Waals surface area (Å²) in [4.78, 5) is 15.2. The molecule has 0 atom stereocenters. The number of rotatable bonds is 4. The van der Waals surface area contributed by atoms with E-state index in [1.807, 2.05) is 18.2 Å². The van der Waals surface area contributed by atoms with Crippen molar-refractivity contribution in [2.24, 2.45) is 23.7 Å². The third-order valence-electron chi connectivity index (χ3n) is 13.6. The van der Waals surface area contributed by atoms with Gasteiger partial charge in [-0.05, 0) is 113 Å². The van der Waals surface area contributed by atoms with Crippen LogP contribution in [0.5, 0.6) is 11.5 Å². The lowest BCUT2D eigenvalue weighted by molar-refractivity contribution is -0.0452. The van der Waals surface area contributed by atoms with Gasteiger partial charge < -0.3 is 4.74 Å². The Hall–Kier alpha value is -6.13. The van der Waals surface area contributed by atoms with Gasteiger partial charge in [0.15, 0.2) is 17.5 Å². The number of hydrogen-bond acceptors (Lipinski definition) is 4. The molecule has 13 rings (SSSR count). The van der Waals surface area contributed by atoms with Crippen molar-refractivity contribution in [3.05, 3.63) is 163 Å². The Bertz CT molecular complexity index is 2780. The summed E-state index contributed by atoms with van der Waals surface area (Å²) < 4.78 is 6.69. The van der Waals surface area contributed by atoms with E-state index in [9.17, 15) is 0 Å². The molecule has 5 aliphatic rings. The van der Waals surface area contributed by atoms with Crippen molar-refractivity contribution in [2.45, 2.75) is 37.5 Å². The highest BCUT2D eigenvalue weighted by molar-refractivity contribution is 6.08. The number of benzene rings is 7. The van der Waals surface area contributed by atoms with Gasteiger partial charge in [-0.2, -0.15) is 0 Å². The first-order chi connectivity index (χ1) is 27.2. The highest BCUT2D eigenvalue weighted by Gasteiger charge is 2.61. The Morgan fingerprint density at radius 3 is 1.75 bits per heavy atom. The van der Waals surface area contributed by atoms with Gasteiger partial charge in [0.05, 0.1) is 0 Å². The number of hydrogen-bond donors (Lipinski definition) is 0. The van der Waals surface area contributed by atoms with Crippen molar-refractivity contribution in [2.75, 3.05) is 0 Å². The third kappa shape index (κ3) is 4.80. The van der Waals surface area contributed by atoms with Gasteiger partial charge in [0.2, 0.25) is 0 Å². The van der Waals surface area contributed by atoms with Crippen LogP contribution < -0.4 is 4.74 Å². The maximum atomic E-state index is 6.69. The summed E-state index contributed by atoms with van der Waals surface area (Å²) in [6.07, 6.45) is 6.81. The normalized spacial score (nSPS) is 23.1. The van der Waals surface area contributed by atoms with Crippen LogP contribution in [0.25, 0.3) is 66.8 Å². The number of aromatic nitrogens is 3. The molecular weight excluding hydrogens is 671 g/mol. The van der Waals surface area contributed by atoms with Crippen LogP contribution >= 0.6 is 0 Å². The molecule has 0 saturated heterocycles. The van der Waals surface area contributed by atoms with E-state index in [4.69, 9.17) is 19.7 Å². The SMILES string of the molecule is c1ccc(-c2nc(-c3ccc(-c4ccc5c(c4)C4(c6ccccc6O5)C5CC6CC(C5)CC4C6)cc3)nc(-c3ccc4c(ccc5ccccc54)c3)n2)cc1. The molecule has 0 radical (unpaired) electrons. The Kier molecular flexibility index (Phi) is 6.78. The average molecular weight is 710 g/mol. The summed E-state index contributed by atoms with van der Waals surface area (Å²) in [5, 5.41) is 4.87. The van der Waals surface area contributed by atoms with Crippen LogP contribution in [0, 0.1) is 23.7 Å². The van der Waals surface area contributed by atoms with Crippen molar-refractivity contribution in [3.63, 3.8) is 0 Å². The number of para-hydroxylation sites is 1. The lowest BCUT2D eigenvalue weighted by Crippen LogP contribution is -2.56. The summed E-state index contributed by atoms with van der Waals surface area (Å²) >= 11 is 0. The molecule has 0 N–H and O–H groups in total. The van der Waals surface area contributed by atoms with Crippen molar-refractivity contribution in [3.8, 4) is 56.8 Å². The molecule has 4 saturated carbocycles. The van der Waals surface area contributed by atoms with E-state index < -0.39 is 0 Å². The summed E-state index contributed by atoms with van der Waals surface area (Å²) in [7, 11) is 0. The van der Waals surface area contributed by atoms with Crippen LogP contribution in [0.1, 0.15) is 43.2 Å². The van der Waals surface area contributed by atoms with Gasteiger partial charge in [-0.1, -0.05) is 127 Å². The molecule has 4 aliphatic carbocycles. The molecule has 7 aromatic carbocycles. The maximum Gasteiger partial charge on any atom is 0.164 e. The molecule has 1 spiro atoms. The molecule has 8 aromatic rings. The fraction of sp³-hybridized carbons (Fsp3) is 0.196. The second-order valence-corrected chi connectivity index (χ2v) is 16.5. The molecule has 0 unspecified atom stereocenters. The second-order valence-electron chi connectivity index (χ2n) is 16.5. The predicted molar refractivity (Wildman–Crippen MR) is 221 cm³/mol. The van der Waals surface area contributed by atoms with Gasteiger partial charge in [-0.15, -0.1) is 0 Å². The smallest absolute Gasteiger partial charge is 0.164 e. The van der Waals surface area contributed by atoms with Gasteiger partial charge in [0, 0.05) is 33.2 Å². The van der Waals surface area contributed by atoms with E-state index in [-0.39, 0.29) is 5.41 Å². The zero-order valence-electron chi connectivity index (χ0n) is 30.5. The Morgan fingerprint density at radius 2 is 0.964 bits per heavy atom. The third-order valence-corrected chi connectivity index (χ3v) is 13.6. The van der Waals surface area contributed by atoms with Gasteiger partial charge in [-0.3, -0.25) is 0 Å². The summed E-state index contributed by atoms with van der Waals surface area (Å²) in [6, 6.07) is 54.3. The van der Waals surface area contributed by atoms with Gasteiger partial charge in [0.25, 0.3) is 0 Å². The van der Waals surface area contributed by atoms with E-state index in [0.29, 0.717) is 29.3 Å². The monoisotopic (exact) mass is 709 g/mol. The van der Waals surface area contributed by atoms with E-state index in [1.165, 1.54) is 70.5 Å². The molecule has 4 bridgehead atoms. The Balaban J connectivity index is 0.941. The molecule has 4 fully saturated rings. The minimum Gasteiger partial charge on any atom is -0.457 e. The first-order valence-electron chi connectivity index (χ1n) is 19.9. The predicted octanol–water partition coefficient (Wildman–Crippen LogP) is 12.7. The molecule has 4 heteroatoms. The molecule has 2 heterocycles. The molecule has 1 aromatic heterocycles. The van der Waals surface area contributed by atoms with E-state index in [2.05, 4.69) is 133 Å². The highest BCUT2D eigenvalue weighted by Crippen LogP contribution is 2.69. The van der Waals surface area contributed by atoms with Crippen LogP contribution in [0.3, 0.4) is 0 Å². The molecule has 1 aliphatic heterocycles. The lowest BCUT2D eigenvalue weighted by atomic mass is 9.41. The zero-order chi connectivity index (χ0) is 36.1. The maximum absolute atomic E-state index is 6.69. The fourth-order valence-electron chi connectivity index (χ4n) is 11.4. The van der Waals surface area contributed by atoms with E-state index >= 15 is 0 Å². The average Bonchev–Trinajstić information content (AvgIpc) is 3.24. The van der Waals surface area contributed by atoms with Crippen LogP contribution in [0.2, 0.25) is 0 Å². The second kappa shape index (κ2) is 11.9. The summed E-state index contributed by atoms with van der Waals surface area (Å²) in [5.41, 5.74) is 8.16. The van der Waals surface area contributed by atoms with Gasteiger partial charge in [-0.25, -0.2) is 15.0 Å². The standard InChI is InChI=1S/C51H39N3O/c1-2-9-35(10-3-1)48-52-49(54-50(53-48)39-20-22-43-38(29-39)19-16-34-8-4-5-11-42(34)43)36-17-14-33(15-18-36)37-21-23-47-45(30-37)51(44-12-6-7-13-46(44)55-47)40-25-31-24-32(27-40)28-41(51)26-31/h1-23,29-32,40-41H,24-28H2. The van der Waals surface area contributed by atoms with Crippen molar-refractivity contribution >= 4 is 21.5 Å². The van der Waals surface area contributed by atoms with Gasteiger partial charge >= 0.3 is 0 Å². The topological polar surface area (TPSA) is 47.9 Å². The number of nitrogens with zero attached hydrogens (tertiary/aromatic N) is 3. The first kappa shape index (κ1) is 31.2. The lowest BCUT2D eigenvalue weighted by Gasteiger charge is -2.63. The molecule has 264 valence electrons. The van der Waals surface area contributed by atoms with Crippen LogP contribution in [-0.4, -0.2) is 15.0 Å². The quantitative estimate of drug-likeness (QED) is 0.171. The van der Waals surface area contributed by atoms with Crippen LogP contribution in [0.4, 0.5) is 0 Å². The van der Waals surface area contributed by atoms with Crippen molar-refractivity contribution in [1.29, 1.82) is 0 Å². The first-order valence-corrected chi connectivity index (χ1v) is 19.9. The van der Waals surface area contributed by atoms with Crippen LogP contribution in [0.15, 0.2) is 152 Å². The highest BCUT2D eigenvalue weighted by atomic mass is 16.5. The Morgan fingerprint density at radius 1 is 0.400 bits per heavy atom. The summed E-state index contributed by atoms with van der Waals surface area (Å²) in [5.74, 6) is 7.22. The zero-order valence-corrected chi connectivity index (χ0v) is 30.5. The minimum absolute atomic E-state index is 0.0263. The van der Waals surface area contributed by atoms with Crippen molar-refractivity contribution < 1.29 is 4.74 Å².